The summed E-state index contributed by atoms with van der Waals surface area (Å²) in [5, 5.41) is 5.15. The fraction of sp³-hybridized carbons (Fsp3) is 0.333. The number of para-hydroxylation sites is 1. The van der Waals surface area contributed by atoms with Crippen LogP contribution in [-0.2, 0) is 24.7 Å². The third-order valence-electron chi connectivity index (χ3n) is 6.05. The summed E-state index contributed by atoms with van der Waals surface area (Å²) in [6, 6.07) is 12.2. The first kappa shape index (κ1) is 20.2. The van der Waals surface area contributed by atoms with Crippen molar-refractivity contribution in [3.63, 3.8) is 0 Å². The maximum atomic E-state index is 13.0. The van der Waals surface area contributed by atoms with Gasteiger partial charge in [0.1, 0.15) is 5.82 Å². The van der Waals surface area contributed by atoms with Gasteiger partial charge in [-0.2, -0.15) is 4.98 Å². The molecule has 1 amide bonds. The van der Waals surface area contributed by atoms with Crippen LogP contribution >= 0.6 is 0 Å². The Morgan fingerprint density at radius 2 is 1.91 bits per heavy atom. The fourth-order valence-electron chi connectivity index (χ4n) is 4.25. The molecule has 5 rings (SSSR count). The van der Waals surface area contributed by atoms with Crippen molar-refractivity contribution in [3.8, 4) is 11.4 Å². The summed E-state index contributed by atoms with van der Waals surface area (Å²) in [7, 11) is 2.02. The van der Waals surface area contributed by atoms with Crippen LogP contribution in [0.5, 0.6) is 0 Å². The Morgan fingerprint density at radius 1 is 1.09 bits per heavy atom. The normalized spacial score (nSPS) is 14.3. The molecule has 1 aliphatic rings. The van der Waals surface area contributed by atoms with Crippen LogP contribution in [0, 0.1) is 0 Å². The van der Waals surface area contributed by atoms with Gasteiger partial charge in [0.25, 0.3) is 0 Å². The summed E-state index contributed by atoms with van der Waals surface area (Å²) < 4.78 is 7.26. The van der Waals surface area contributed by atoms with E-state index in [1.54, 1.807) is 6.20 Å². The van der Waals surface area contributed by atoms with E-state index in [1.165, 1.54) is 0 Å². The quantitative estimate of drug-likeness (QED) is 0.484. The second-order valence-corrected chi connectivity index (χ2v) is 8.10. The van der Waals surface area contributed by atoms with E-state index in [4.69, 9.17) is 4.52 Å². The highest BCUT2D eigenvalue weighted by molar-refractivity contribution is 5.89. The van der Waals surface area contributed by atoms with E-state index >= 15 is 0 Å². The van der Waals surface area contributed by atoms with Crippen molar-refractivity contribution in [2.24, 2.45) is 7.05 Å². The van der Waals surface area contributed by atoms with E-state index in [0.29, 0.717) is 37.6 Å². The van der Waals surface area contributed by atoms with E-state index < -0.39 is 0 Å². The third kappa shape index (κ3) is 3.84. The lowest BCUT2D eigenvalue weighted by Crippen LogP contribution is -2.49. The topological polar surface area (TPSA) is 80.3 Å². The summed E-state index contributed by atoms with van der Waals surface area (Å²) in [4.78, 5) is 26.1. The van der Waals surface area contributed by atoms with Crippen LogP contribution < -0.4 is 4.90 Å². The Labute approximate surface area is 186 Å². The van der Waals surface area contributed by atoms with E-state index in [0.717, 1.165) is 40.9 Å². The molecule has 164 valence electrons. The van der Waals surface area contributed by atoms with Gasteiger partial charge in [0.2, 0.25) is 17.6 Å². The molecule has 3 aromatic heterocycles. The molecule has 0 saturated carbocycles. The zero-order valence-electron chi connectivity index (χ0n) is 18.4. The summed E-state index contributed by atoms with van der Waals surface area (Å²) in [5.41, 5.74) is 3.07. The number of aryl methyl sites for hydroxylation is 2. The molecule has 4 aromatic rings. The van der Waals surface area contributed by atoms with E-state index in [-0.39, 0.29) is 5.91 Å². The van der Waals surface area contributed by atoms with Gasteiger partial charge >= 0.3 is 0 Å². The molecule has 0 bridgehead atoms. The zero-order chi connectivity index (χ0) is 22.1. The largest absolute Gasteiger partial charge is 0.353 e. The Bertz CT molecular complexity index is 1240. The molecule has 1 aliphatic heterocycles. The molecule has 0 atom stereocenters. The number of fused-ring (bicyclic) bond motifs is 1. The van der Waals surface area contributed by atoms with Gasteiger partial charge in [0.15, 0.2) is 0 Å². The predicted molar refractivity (Wildman–Crippen MR) is 122 cm³/mol. The van der Waals surface area contributed by atoms with Gasteiger partial charge in [0.05, 0.1) is 6.42 Å². The summed E-state index contributed by atoms with van der Waals surface area (Å²) in [6.07, 6.45) is 4.98. The van der Waals surface area contributed by atoms with Crippen LogP contribution in [0.25, 0.3) is 22.3 Å². The van der Waals surface area contributed by atoms with E-state index in [2.05, 4.69) is 42.9 Å². The van der Waals surface area contributed by atoms with Gasteiger partial charge in [-0.1, -0.05) is 30.3 Å². The minimum absolute atomic E-state index is 0.174. The molecule has 0 spiro atoms. The molecule has 0 unspecified atom stereocenters. The monoisotopic (exact) mass is 430 g/mol. The molecule has 0 radical (unpaired) electrons. The highest BCUT2D eigenvalue weighted by Crippen LogP contribution is 2.23. The highest BCUT2D eigenvalue weighted by Gasteiger charge is 2.23. The molecule has 4 heterocycles. The predicted octanol–water partition coefficient (Wildman–Crippen LogP) is 3.08. The molecule has 0 N–H and O–H groups in total. The van der Waals surface area contributed by atoms with Crippen molar-refractivity contribution >= 4 is 22.6 Å². The number of rotatable bonds is 5. The average Bonchev–Trinajstić information content (AvgIpc) is 3.44. The highest BCUT2D eigenvalue weighted by atomic mass is 16.5. The smallest absolute Gasteiger partial charge is 0.227 e. The van der Waals surface area contributed by atoms with Crippen LogP contribution in [0.1, 0.15) is 18.4 Å². The van der Waals surface area contributed by atoms with E-state index in [1.807, 2.05) is 43.1 Å². The summed E-state index contributed by atoms with van der Waals surface area (Å²) in [6.45, 7) is 4.88. The first-order valence-corrected chi connectivity index (χ1v) is 11.0. The molecular weight excluding hydrogens is 404 g/mol. The number of piperazine rings is 1. The maximum absolute atomic E-state index is 13.0. The molecule has 1 saturated heterocycles. The summed E-state index contributed by atoms with van der Waals surface area (Å²) >= 11 is 0. The molecule has 1 fully saturated rings. The standard InChI is InChI=1S/C24H26N6O2/c1-3-22-26-24(27-32-22)17-8-9-21(25-15-17)29-10-12-30(13-11-29)23(31)14-18-16-28(2)20-7-5-4-6-19(18)20/h4-9,15-16H,3,10-14H2,1-2H3. The average molecular weight is 431 g/mol. The van der Waals surface area contributed by atoms with Crippen LogP contribution in [-0.4, -0.2) is 56.7 Å². The van der Waals surface area contributed by atoms with Gasteiger partial charge < -0.3 is 18.9 Å². The van der Waals surface area contributed by atoms with Crippen molar-refractivity contribution in [3.05, 3.63) is 60.2 Å². The zero-order valence-corrected chi connectivity index (χ0v) is 18.4. The van der Waals surface area contributed by atoms with Gasteiger partial charge in [-0.3, -0.25) is 4.79 Å². The van der Waals surface area contributed by atoms with Gasteiger partial charge in [-0.15, -0.1) is 0 Å². The summed E-state index contributed by atoms with van der Waals surface area (Å²) in [5.74, 6) is 2.25. The van der Waals surface area contributed by atoms with Crippen LogP contribution in [0.15, 0.2) is 53.3 Å². The Kier molecular flexibility index (Phi) is 5.34. The van der Waals surface area contributed by atoms with Crippen molar-refractivity contribution < 1.29 is 9.32 Å². The Hall–Kier alpha value is -3.68. The number of aromatic nitrogens is 4. The van der Waals surface area contributed by atoms with Crippen LogP contribution in [0.2, 0.25) is 0 Å². The number of pyridine rings is 1. The number of hydrogen-bond donors (Lipinski definition) is 0. The molecule has 8 heteroatoms. The number of benzene rings is 1. The molecule has 32 heavy (non-hydrogen) atoms. The Morgan fingerprint density at radius 3 is 2.62 bits per heavy atom. The third-order valence-corrected chi connectivity index (χ3v) is 6.05. The number of nitrogens with zero attached hydrogens (tertiary/aromatic N) is 6. The number of anilines is 1. The SMILES string of the molecule is CCc1nc(-c2ccc(N3CCN(C(=O)Cc4cn(C)c5ccccc45)CC3)nc2)no1. The van der Waals surface area contributed by atoms with Gasteiger partial charge in [-0.05, 0) is 23.8 Å². The first-order valence-electron chi connectivity index (χ1n) is 11.0. The first-order chi connectivity index (χ1) is 15.6. The minimum Gasteiger partial charge on any atom is -0.353 e. The fourth-order valence-corrected chi connectivity index (χ4v) is 4.25. The minimum atomic E-state index is 0.174. The lowest BCUT2D eigenvalue weighted by molar-refractivity contribution is -0.130. The van der Waals surface area contributed by atoms with Crippen molar-refractivity contribution in [1.82, 2.24) is 24.6 Å². The van der Waals surface area contributed by atoms with Crippen LogP contribution in [0.4, 0.5) is 5.82 Å². The number of amides is 1. The lowest BCUT2D eigenvalue weighted by atomic mass is 10.1. The van der Waals surface area contributed by atoms with Gasteiger partial charge in [0, 0.05) is 68.5 Å². The van der Waals surface area contributed by atoms with E-state index in [9.17, 15) is 4.79 Å². The molecule has 0 aliphatic carbocycles. The lowest BCUT2D eigenvalue weighted by Gasteiger charge is -2.35. The van der Waals surface area contributed by atoms with Crippen molar-refractivity contribution in [1.29, 1.82) is 0 Å². The molecular formula is C24H26N6O2. The maximum Gasteiger partial charge on any atom is 0.227 e. The Balaban J connectivity index is 1.20. The molecule has 1 aromatic carbocycles. The van der Waals surface area contributed by atoms with Crippen LogP contribution in [0.3, 0.4) is 0 Å². The van der Waals surface area contributed by atoms with Crippen molar-refractivity contribution in [2.75, 3.05) is 31.1 Å². The number of hydrogen-bond acceptors (Lipinski definition) is 6. The van der Waals surface area contributed by atoms with Gasteiger partial charge in [-0.25, -0.2) is 4.98 Å². The van der Waals surface area contributed by atoms with Crippen molar-refractivity contribution in [2.45, 2.75) is 19.8 Å². The number of carbonyl (C=O) groups is 1. The second-order valence-electron chi connectivity index (χ2n) is 8.10. The number of carbonyl (C=O) groups excluding carboxylic acids is 1. The molecule has 8 nitrogen and oxygen atoms in total. The second kappa shape index (κ2) is 8.45.